The van der Waals surface area contributed by atoms with E-state index in [2.05, 4.69) is 21.2 Å². The maximum Gasteiger partial charge on any atom is 0.342 e. The summed E-state index contributed by atoms with van der Waals surface area (Å²) in [6, 6.07) is 21.3. The topological polar surface area (TPSA) is 84.9 Å². The molecule has 0 radical (unpaired) electrons. The molecule has 162 valence electrons. The molecule has 1 N–H and O–H groups in total. The van der Waals surface area contributed by atoms with Crippen LogP contribution in [-0.4, -0.2) is 30.9 Å². The van der Waals surface area contributed by atoms with E-state index in [-0.39, 0.29) is 24.6 Å². The molecule has 2 amide bonds. The summed E-state index contributed by atoms with van der Waals surface area (Å²) in [5.41, 5.74) is 2.23. The first-order valence-corrected chi connectivity index (χ1v) is 10.6. The van der Waals surface area contributed by atoms with Crippen molar-refractivity contribution in [1.82, 2.24) is 0 Å². The lowest BCUT2D eigenvalue weighted by Gasteiger charge is -2.28. The van der Waals surface area contributed by atoms with Gasteiger partial charge in [0.2, 0.25) is 5.91 Å². The van der Waals surface area contributed by atoms with Crippen molar-refractivity contribution in [3.8, 4) is 5.75 Å². The first-order chi connectivity index (χ1) is 15.5. The van der Waals surface area contributed by atoms with Crippen LogP contribution in [0.4, 0.5) is 11.4 Å². The molecule has 8 heteroatoms. The quantitative estimate of drug-likeness (QED) is 0.519. The Balaban J connectivity index is 1.42. The second-order valence-corrected chi connectivity index (χ2v) is 7.85. The highest BCUT2D eigenvalue weighted by Crippen LogP contribution is 2.29. The van der Waals surface area contributed by atoms with Gasteiger partial charge in [-0.1, -0.05) is 58.4 Å². The van der Waals surface area contributed by atoms with E-state index in [1.807, 2.05) is 24.3 Å². The molecule has 4 rings (SSSR count). The number of nitrogens with zero attached hydrogens (tertiary/aromatic N) is 1. The average molecular weight is 495 g/mol. The van der Waals surface area contributed by atoms with Gasteiger partial charge < -0.3 is 14.8 Å². The number of rotatable bonds is 6. The van der Waals surface area contributed by atoms with Crippen LogP contribution in [0.2, 0.25) is 0 Å². The highest BCUT2D eigenvalue weighted by Gasteiger charge is 2.27. The van der Waals surface area contributed by atoms with Crippen LogP contribution in [0.25, 0.3) is 0 Å². The lowest BCUT2D eigenvalue weighted by Crippen LogP contribution is -2.44. The zero-order valence-electron chi connectivity index (χ0n) is 16.9. The third-order valence-corrected chi connectivity index (χ3v) is 5.62. The maximum atomic E-state index is 12.7. The van der Waals surface area contributed by atoms with Crippen LogP contribution in [0.5, 0.6) is 5.75 Å². The minimum absolute atomic E-state index is 0.140. The number of fused-ring (bicyclic) bond motifs is 1. The molecule has 0 unspecified atom stereocenters. The van der Waals surface area contributed by atoms with Crippen LogP contribution in [0.15, 0.2) is 77.3 Å². The van der Waals surface area contributed by atoms with Gasteiger partial charge in [0.25, 0.3) is 5.91 Å². The number of esters is 1. The lowest BCUT2D eigenvalue weighted by atomic mass is 10.2. The lowest BCUT2D eigenvalue weighted by molar-refractivity contribution is -0.124. The fourth-order valence-corrected chi connectivity index (χ4v) is 3.67. The van der Waals surface area contributed by atoms with Crippen LogP contribution < -0.4 is 15.0 Å². The number of benzene rings is 3. The summed E-state index contributed by atoms with van der Waals surface area (Å²) in [6.45, 7) is -0.387. The number of nitrogens with one attached hydrogen (secondary N) is 1. The molecular formula is C24H19BrN2O5. The summed E-state index contributed by atoms with van der Waals surface area (Å²) in [5, 5.41) is 2.71. The first-order valence-electron chi connectivity index (χ1n) is 9.84. The van der Waals surface area contributed by atoms with Crippen molar-refractivity contribution in [2.24, 2.45) is 0 Å². The number of carbonyl (C=O) groups is 3. The third-order valence-electron chi connectivity index (χ3n) is 4.85. The molecule has 0 fully saturated rings. The third kappa shape index (κ3) is 4.81. The first kappa shape index (κ1) is 21.6. The van der Waals surface area contributed by atoms with E-state index in [0.717, 1.165) is 10.0 Å². The van der Waals surface area contributed by atoms with Crippen LogP contribution >= 0.6 is 15.9 Å². The molecule has 32 heavy (non-hydrogen) atoms. The van der Waals surface area contributed by atoms with Crippen molar-refractivity contribution in [3.63, 3.8) is 0 Å². The van der Waals surface area contributed by atoms with Gasteiger partial charge >= 0.3 is 5.97 Å². The van der Waals surface area contributed by atoms with E-state index >= 15 is 0 Å². The van der Waals surface area contributed by atoms with Gasteiger partial charge in [-0.3, -0.25) is 14.5 Å². The number of para-hydroxylation sites is 3. The maximum absolute atomic E-state index is 12.7. The Morgan fingerprint density at radius 3 is 2.53 bits per heavy atom. The fraction of sp³-hybridized carbons (Fsp3) is 0.125. The van der Waals surface area contributed by atoms with E-state index in [0.29, 0.717) is 17.1 Å². The zero-order valence-corrected chi connectivity index (χ0v) is 18.5. The normalized spacial score (nSPS) is 12.5. The second kappa shape index (κ2) is 9.65. The summed E-state index contributed by atoms with van der Waals surface area (Å²) in [7, 11) is 0. The van der Waals surface area contributed by atoms with E-state index < -0.39 is 18.5 Å². The molecule has 0 atom stereocenters. The van der Waals surface area contributed by atoms with E-state index in [4.69, 9.17) is 9.47 Å². The Labute approximate surface area is 193 Å². The standard InChI is InChI=1S/C24H19BrN2O5/c25-18-9-3-1-7-16(18)14-31-21-12-6-2-8-17(21)24(30)32-15-23(29)27-13-22(28)26-19-10-4-5-11-20(19)27/h1-12H,13-15H2,(H,26,28). The van der Waals surface area contributed by atoms with Gasteiger partial charge in [0.1, 0.15) is 24.5 Å². The monoisotopic (exact) mass is 494 g/mol. The van der Waals surface area contributed by atoms with Crippen molar-refractivity contribution in [2.75, 3.05) is 23.4 Å². The van der Waals surface area contributed by atoms with Crippen molar-refractivity contribution in [3.05, 3.63) is 88.4 Å². The number of ether oxygens (including phenoxy) is 2. The highest BCUT2D eigenvalue weighted by molar-refractivity contribution is 9.10. The summed E-state index contributed by atoms with van der Waals surface area (Å²) < 4.78 is 12.0. The largest absolute Gasteiger partial charge is 0.488 e. The smallest absolute Gasteiger partial charge is 0.342 e. The molecule has 1 heterocycles. The highest BCUT2D eigenvalue weighted by atomic mass is 79.9. The molecule has 0 bridgehead atoms. The molecule has 0 saturated carbocycles. The van der Waals surface area contributed by atoms with Crippen LogP contribution in [0.1, 0.15) is 15.9 Å². The van der Waals surface area contributed by atoms with Crippen LogP contribution in [0.3, 0.4) is 0 Å². The molecular weight excluding hydrogens is 476 g/mol. The van der Waals surface area contributed by atoms with E-state index in [1.165, 1.54) is 4.90 Å². The zero-order chi connectivity index (χ0) is 22.5. The number of amides is 2. The second-order valence-electron chi connectivity index (χ2n) is 7.00. The molecule has 0 aliphatic carbocycles. The van der Waals surface area contributed by atoms with Gasteiger partial charge in [0, 0.05) is 10.0 Å². The molecule has 1 aliphatic rings. The fourth-order valence-electron chi connectivity index (χ4n) is 3.27. The minimum atomic E-state index is -0.684. The Morgan fingerprint density at radius 2 is 1.69 bits per heavy atom. The molecule has 3 aromatic rings. The van der Waals surface area contributed by atoms with Gasteiger partial charge in [-0.05, 0) is 30.3 Å². The van der Waals surface area contributed by atoms with Crippen molar-refractivity contribution < 1.29 is 23.9 Å². The molecule has 0 saturated heterocycles. The number of hydrogen-bond acceptors (Lipinski definition) is 5. The van der Waals surface area contributed by atoms with Crippen molar-refractivity contribution >= 4 is 45.1 Å². The Morgan fingerprint density at radius 1 is 0.969 bits per heavy atom. The van der Waals surface area contributed by atoms with E-state index in [1.54, 1.807) is 48.5 Å². The van der Waals surface area contributed by atoms with Gasteiger partial charge in [0.05, 0.1) is 11.4 Å². The molecule has 3 aromatic carbocycles. The Hall–Kier alpha value is -3.65. The van der Waals surface area contributed by atoms with Crippen LogP contribution in [-0.2, 0) is 20.9 Å². The minimum Gasteiger partial charge on any atom is -0.488 e. The predicted molar refractivity (Wildman–Crippen MR) is 123 cm³/mol. The summed E-state index contributed by atoms with van der Waals surface area (Å²) in [4.78, 5) is 38.6. The summed E-state index contributed by atoms with van der Waals surface area (Å²) in [6.07, 6.45) is 0. The van der Waals surface area contributed by atoms with Gasteiger partial charge in [-0.25, -0.2) is 4.79 Å². The Kier molecular flexibility index (Phi) is 6.51. The summed E-state index contributed by atoms with van der Waals surface area (Å²) in [5.74, 6) is -1.14. The SMILES string of the molecule is O=C1CN(C(=O)COC(=O)c2ccccc2OCc2ccccc2Br)c2ccccc2N1. The van der Waals surface area contributed by atoms with Gasteiger partial charge in [-0.2, -0.15) is 0 Å². The summed E-state index contributed by atoms with van der Waals surface area (Å²) >= 11 is 3.47. The molecule has 0 spiro atoms. The number of carbonyl (C=O) groups excluding carboxylic acids is 3. The Bertz CT molecular complexity index is 1180. The number of anilines is 2. The predicted octanol–water partition coefficient (Wildman–Crippen LogP) is 4.17. The number of hydrogen-bond donors (Lipinski definition) is 1. The van der Waals surface area contributed by atoms with Gasteiger partial charge in [0.15, 0.2) is 6.61 Å². The van der Waals surface area contributed by atoms with E-state index in [9.17, 15) is 14.4 Å². The van der Waals surface area contributed by atoms with Crippen molar-refractivity contribution in [2.45, 2.75) is 6.61 Å². The van der Waals surface area contributed by atoms with Crippen LogP contribution in [0, 0.1) is 0 Å². The molecule has 7 nitrogen and oxygen atoms in total. The average Bonchev–Trinajstić information content (AvgIpc) is 2.81. The van der Waals surface area contributed by atoms with Crippen molar-refractivity contribution in [1.29, 1.82) is 0 Å². The van der Waals surface area contributed by atoms with Gasteiger partial charge in [-0.15, -0.1) is 0 Å². The molecule has 0 aromatic heterocycles. The number of halogens is 1. The molecule has 1 aliphatic heterocycles.